The fraction of sp³-hybridized carbons (Fsp3) is 0.0833. The van der Waals surface area contributed by atoms with Crippen LogP contribution in [0.1, 0.15) is 16.1 Å². The van der Waals surface area contributed by atoms with Crippen LogP contribution in [0, 0.1) is 5.82 Å². The molecule has 0 saturated heterocycles. The Bertz CT molecular complexity index is 700. The molecule has 0 amide bonds. The summed E-state index contributed by atoms with van der Waals surface area (Å²) < 4.78 is 41.3. The molecular weight excluding hydrogens is 275 g/mol. The van der Waals surface area contributed by atoms with Crippen molar-refractivity contribution in [2.75, 3.05) is 0 Å². The molecule has 2 aromatic rings. The fourth-order valence-corrected chi connectivity index (χ4v) is 2.74. The normalized spacial score (nSPS) is 11.4. The Morgan fingerprint density at radius 3 is 2.32 bits per heavy atom. The maximum atomic E-state index is 12.7. The first-order chi connectivity index (χ1) is 8.88. The van der Waals surface area contributed by atoms with Gasteiger partial charge in [0.1, 0.15) is 5.82 Å². The molecule has 0 bridgehead atoms. The zero-order valence-corrected chi connectivity index (χ0v) is 10.4. The molecule has 1 aromatic heterocycles. The van der Waals surface area contributed by atoms with Crippen molar-refractivity contribution in [3.05, 3.63) is 53.5 Å². The van der Waals surface area contributed by atoms with E-state index in [2.05, 4.69) is 0 Å². The van der Waals surface area contributed by atoms with Gasteiger partial charge in [-0.05, 0) is 29.8 Å². The van der Waals surface area contributed by atoms with E-state index in [-0.39, 0.29) is 5.75 Å². The van der Waals surface area contributed by atoms with Gasteiger partial charge < -0.3 is 9.52 Å². The zero-order chi connectivity index (χ0) is 14.0. The number of aromatic carboxylic acids is 1. The molecule has 2 rings (SSSR count). The maximum Gasteiger partial charge on any atom is 0.371 e. The van der Waals surface area contributed by atoms with Gasteiger partial charge in [0.15, 0.2) is 0 Å². The minimum absolute atomic E-state index is 0.384. The van der Waals surface area contributed by atoms with E-state index in [0.29, 0.717) is 5.56 Å². The highest BCUT2D eigenvalue weighted by Gasteiger charge is 2.21. The summed E-state index contributed by atoms with van der Waals surface area (Å²) in [6.07, 6.45) is 0. The smallest absolute Gasteiger partial charge is 0.371 e. The number of furan rings is 1. The molecule has 0 aliphatic rings. The number of hydrogen-bond donors (Lipinski definition) is 1. The highest BCUT2D eigenvalue weighted by molar-refractivity contribution is 7.90. The minimum atomic E-state index is -3.79. The number of hydrogen-bond acceptors (Lipinski definition) is 4. The molecule has 0 unspecified atom stereocenters. The van der Waals surface area contributed by atoms with Crippen LogP contribution in [0.25, 0.3) is 0 Å². The summed E-state index contributed by atoms with van der Waals surface area (Å²) in [5, 5.41) is 8.23. The predicted molar refractivity (Wildman–Crippen MR) is 63.0 cm³/mol. The Labute approximate surface area is 108 Å². The van der Waals surface area contributed by atoms with Gasteiger partial charge >= 0.3 is 5.97 Å². The number of carbonyl (C=O) groups is 1. The standard InChI is InChI=1S/C12H9FO5S/c13-9-3-1-8(2-4-9)7-19(16,17)11-6-5-10(18-11)12(14)15/h1-6H,7H2,(H,14,15). The van der Waals surface area contributed by atoms with Gasteiger partial charge in [-0.1, -0.05) is 12.1 Å². The lowest BCUT2D eigenvalue weighted by Crippen LogP contribution is -2.04. The van der Waals surface area contributed by atoms with Gasteiger partial charge in [-0.3, -0.25) is 0 Å². The van der Waals surface area contributed by atoms with E-state index in [4.69, 9.17) is 9.52 Å². The molecule has 0 aliphatic heterocycles. The number of halogens is 1. The van der Waals surface area contributed by atoms with E-state index >= 15 is 0 Å². The van der Waals surface area contributed by atoms with Crippen molar-refractivity contribution in [3.63, 3.8) is 0 Å². The average Bonchev–Trinajstić information content (AvgIpc) is 2.82. The van der Waals surface area contributed by atoms with Gasteiger partial charge in [-0.25, -0.2) is 17.6 Å². The van der Waals surface area contributed by atoms with Crippen LogP contribution in [0.2, 0.25) is 0 Å². The van der Waals surface area contributed by atoms with E-state index in [1.165, 1.54) is 12.1 Å². The molecule has 1 aromatic carbocycles. The second-order valence-electron chi connectivity index (χ2n) is 3.81. The third-order valence-electron chi connectivity index (χ3n) is 2.37. The van der Waals surface area contributed by atoms with Crippen LogP contribution >= 0.6 is 0 Å². The van der Waals surface area contributed by atoms with E-state index in [9.17, 15) is 17.6 Å². The lowest BCUT2D eigenvalue weighted by molar-refractivity contribution is 0.0656. The predicted octanol–water partition coefficient (Wildman–Crippen LogP) is 2.09. The summed E-state index contributed by atoms with van der Waals surface area (Å²) in [7, 11) is -3.79. The molecule has 1 heterocycles. The Morgan fingerprint density at radius 2 is 1.79 bits per heavy atom. The molecule has 0 radical (unpaired) electrons. The van der Waals surface area contributed by atoms with Crippen molar-refractivity contribution in [1.29, 1.82) is 0 Å². The van der Waals surface area contributed by atoms with Crippen LogP contribution in [0.15, 0.2) is 45.9 Å². The van der Waals surface area contributed by atoms with Gasteiger partial charge in [-0.15, -0.1) is 0 Å². The number of carboxylic acids is 1. The van der Waals surface area contributed by atoms with Crippen molar-refractivity contribution in [2.24, 2.45) is 0 Å². The van der Waals surface area contributed by atoms with Crippen LogP contribution in [0.5, 0.6) is 0 Å². The van der Waals surface area contributed by atoms with E-state index in [1.54, 1.807) is 0 Å². The Balaban J connectivity index is 2.26. The van der Waals surface area contributed by atoms with Crippen LogP contribution in [-0.2, 0) is 15.6 Å². The first-order valence-corrected chi connectivity index (χ1v) is 6.84. The highest BCUT2D eigenvalue weighted by atomic mass is 32.2. The molecule has 7 heteroatoms. The summed E-state index contributed by atoms with van der Waals surface area (Å²) >= 11 is 0. The second kappa shape index (κ2) is 4.85. The molecule has 0 spiro atoms. The molecule has 0 atom stereocenters. The second-order valence-corrected chi connectivity index (χ2v) is 5.73. The van der Waals surface area contributed by atoms with Gasteiger partial charge in [0, 0.05) is 0 Å². The van der Waals surface area contributed by atoms with Gasteiger partial charge in [0.25, 0.3) is 0 Å². The summed E-state index contributed by atoms with van der Waals surface area (Å²) in [5.74, 6) is -2.65. The lowest BCUT2D eigenvalue weighted by atomic mass is 10.2. The van der Waals surface area contributed by atoms with Gasteiger partial charge in [0.2, 0.25) is 20.7 Å². The Morgan fingerprint density at radius 1 is 1.16 bits per heavy atom. The van der Waals surface area contributed by atoms with Gasteiger partial charge in [-0.2, -0.15) is 0 Å². The monoisotopic (exact) mass is 284 g/mol. The van der Waals surface area contributed by atoms with Crippen molar-refractivity contribution in [2.45, 2.75) is 10.8 Å². The quantitative estimate of drug-likeness (QED) is 0.929. The first kappa shape index (κ1) is 13.3. The molecule has 0 fully saturated rings. The fourth-order valence-electron chi connectivity index (χ4n) is 1.47. The number of rotatable bonds is 4. The molecule has 1 N–H and O–H groups in total. The minimum Gasteiger partial charge on any atom is -0.475 e. The number of sulfone groups is 1. The SMILES string of the molecule is O=C(O)c1ccc(S(=O)(=O)Cc2ccc(F)cc2)o1. The van der Waals surface area contributed by atoms with Crippen molar-refractivity contribution >= 4 is 15.8 Å². The summed E-state index contributed by atoms with van der Waals surface area (Å²) in [6.45, 7) is 0. The third-order valence-corrected chi connectivity index (χ3v) is 3.91. The molecule has 0 saturated carbocycles. The summed E-state index contributed by atoms with van der Waals surface area (Å²) in [4.78, 5) is 10.6. The molecule has 19 heavy (non-hydrogen) atoms. The highest BCUT2D eigenvalue weighted by Crippen LogP contribution is 2.19. The summed E-state index contributed by atoms with van der Waals surface area (Å²) in [5.41, 5.74) is 0.384. The van der Waals surface area contributed by atoms with Crippen molar-refractivity contribution in [1.82, 2.24) is 0 Å². The lowest BCUT2D eigenvalue weighted by Gasteiger charge is -2.01. The van der Waals surface area contributed by atoms with Gasteiger partial charge in [0.05, 0.1) is 5.75 Å². The van der Waals surface area contributed by atoms with E-state index in [0.717, 1.165) is 24.3 Å². The third kappa shape index (κ3) is 3.00. The number of carboxylic acid groups (broad SMARTS) is 1. The van der Waals surface area contributed by atoms with Crippen molar-refractivity contribution in [3.8, 4) is 0 Å². The Kier molecular flexibility index (Phi) is 3.39. The molecule has 100 valence electrons. The van der Waals surface area contributed by atoms with E-state index < -0.39 is 32.5 Å². The van der Waals surface area contributed by atoms with Crippen LogP contribution in [0.4, 0.5) is 4.39 Å². The van der Waals surface area contributed by atoms with Crippen LogP contribution in [-0.4, -0.2) is 19.5 Å². The number of benzene rings is 1. The largest absolute Gasteiger partial charge is 0.475 e. The zero-order valence-electron chi connectivity index (χ0n) is 9.54. The molecular formula is C12H9FO5S. The summed E-state index contributed by atoms with van der Waals surface area (Å²) in [6, 6.07) is 7.13. The molecule has 5 nitrogen and oxygen atoms in total. The Hall–Kier alpha value is -2.15. The first-order valence-electron chi connectivity index (χ1n) is 5.19. The average molecular weight is 284 g/mol. The maximum absolute atomic E-state index is 12.7. The van der Waals surface area contributed by atoms with Crippen LogP contribution in [0.3, 0.4) is 0 Å². The van der Waals surface area contributed by atoms with E-state index in [1.807, 2.05) is 0 Å². The molecule has 0 aliphatic carbocycles. The van der Waals surface area contributed by atoms with Crippen molar-refractivity contribution < 1.29 is 27.1 Å². The van der Waals surface area contributed by atoms with Crippen LogP contribution < -0.4 is 0 Å². The topological polar surface area (TPSA) is 84.6 Å².